The van der Waals surface area contributed by atoms with Crippen molar-refractivity contribution < 1.29 is 27.1 Å². The molecule has 2 aromatic carbocycles. The summed E-state index contributed by atoms with van der Waals surface area (Å²) in [6.45, 7) is 0. The molecule has 31 heavy (non-hydrogen) atoms. The Kier molecular flexibility index (Phi) is 6.22. The van der Waals surface area contributed by atoms with Crippen LogP contribution < -0.4 is 15.4 Å². The number of halogens is 3. The molecule has 0 saturated carbocycles. The van der Waals surface area contributed by atoms with E-state index in [2.05, 4.69) is 25.3 Å². The third-order valence-corrected chi connectivity index (χ3v) is 4.62. The number of para-hydroxylation sites is 2. The van der Waals surface area contributed by atoms with Gasteiger partial charge in [-0.3, -0.25) is 4.72 Å². The second-order valence-corrected chi connectivity index (χ2v) is 8.33. The number of aromatic nitrogens is 2. The molecule has 162 valence electrons. The number of rotatable bonds is 7. The minimum Gasteiger partial charge on any atom is -0.478 e. The van der Waals surface area contributed by atoms with Gasteiger partial charge in [0, 0.05) is 6.07 Å². The normalized spacial score (nSPS) is 11.1. The third-order valence-electron chi connectivity index (χ3n) is 3.75. The molecule has 0 spiro atoms. The number of nitrogens with one attached hydrogen (secondary N) is 3. The lowest BCUT2D eigenvalue weighted by atomic mass is 10.2. The highest BCUT2D eigenvalue weighted by Gasteiger charge is 2.17. The van der Waals surface area contributed by atoms with Crippen LogP contribution >= 0.6 is 11.6 Å². The van der Waals surface area contributed by atoms with E-state index in [0.717, 1.165) is 12.3 Å². The molecule has 3 rings (SSSR count). The highest BCUT2D eigenvalue weighted by atomic mass is 35.5. The number of anilines is 5. The van der Waals surface area contributed by atoms with Gasteiger partial charge >= 0.3 is 5.97 Å². The largest absolute Gasteiger partial charge is 0.478 e. The van der Waals surface area contributed by atoms with Crippen molar-refractivity contribution in [1.29, 1.82) is 0 Å². The Bertz CT molecular complexity index is 1270. The monoisotopic (exact) mass is 469 g/mol. The number of nitrogens with zero attached hydrogens (tertiary/aromatic N) is 2. The van der Waals surface area contributed by atoms with Gasteiger partial charge in [0.25, 0.3) is 0 Å². The lowest BCUT2D eigenvalue weighted by molar-refractivity contribution is 0.0692. The van der Waals surface area contributed by atoms with Crippen LogP contribution in [0.15, 0.2) is 42.6 Å². The second kappa shape index (κ2) is 8.70. The summed E-state index contributed by atoms with van der Waals surface area (Å²) in [5.41, 5.74) is -0.561. The van der Waals surface area contributed by atoms with Crippen molar-refractivity contribution in [3.05, 3.63) is 64.8 Å². The van der Waals surface area contributed by atoms with E-state index < -0.39 is 33.2 Å². The van der Waals surface area contributed by atoms with Crippen LogP contribution in [0.4, 0.5) is 37.6 Å². The van der Waals surface area contributed by atoms with E-state index in [9.17, 15) is 22.0 Å². The molecule has 0 unspecified atom stereocenters. The van der Waals surface area contributed by atoms with E-state index >= 15 is 0 Å². The average Bonchev–Trinajstić information content (AvgIpc) is 2.66. The molecule has 13 heteroatoms. The molecule has 9 nitrogen and oxygen atoms in total. The minimum atomic E-state index is -3.56. The molecule has 1 heterocycles. The van der Waals surface area contributed by atoms with Crippen molar-refractivity contribution in [2.45, 2.75) is 0 Å². The summed E-state index contributed by atoms with van der Waals surface area (Å²) in [5.74, 6) is -4.00. The van der Waals surface area contributed by atoms with Crippen molar-refractivity contribution in [2.75, 3.05) is 21.6 Å². The number of aromatic carboxylic acids is 1. The summed E-state index contributed by atoms with van der Waals surface area (Å²) in [5, 5.41) is 14.4. The van der Waals surface area contributed by atoms with Crippen LogP contribution in [0.3, 0.4) is 0 Å². The SMILES string of the molecule is CS(=O)(=O)Nc1ccccc1Nc1nc(Nc2cc(C(=O)O)c(F)cc2F)ncc1Cl. The molecule has 0 saturated heterocycles. The van der Waals surface area contributed by atoms with Gasteiger partial charge in [0.05, 0.1) is 35.1 Å². The van der Waals surface area contributed by atoms with E-state index in [1.54, 1.807) is 18.2 Å². The Balaban J connectivity index is 1.93. The van der Waals surface area contributed by atoms with E-state index in [-0.39, 0.29) is 28.2 Å². The van der Waals surface area contributed by atoms with Gasteiger partial charge in [-0.05, 0) is 18.2 Å². The molecule has 0 bridgehead atoms. The number of carboxylic acid groups (broad SMARTS) is 1. The first-order valence-electron chi connectivity index (χ1n) is 8.39. The highest BCUT2D eigenvalue weighted by molar-refractivity contribution is 7.92. The molecule has 0 fully saturated rings. The number of hydrogen-bond donors (Lipinski definition) is 4. The number of benzene rings is 2. The number of carboxylic acids is 1. The lowest BCUT2D eigenvalue weighted by Crippen LogP contribution is -2.11. The van der Waals surface area contributed by atoms with Crippen molar-refractivity contribution in [3.63, 3.8) is 0 Å². The van der Waals surface area contributed by atoms with Crippen molar-refractivity contribution in [2.24, 2.45) is 0 Å². The Morgan fingerprint density at radius 1 is 1.06 bits per heavy atom. The summed E-state index contributed by atoms with van der Waals surface area (Å²) >= 11 is 6.10. The molecule has 0 aliphatic carbocycles. The molecule has 4 N–H and O–H groups in total. The zero-order valence-corrected chi connectivity index (χ0v) is 17.2. The maximum atomic E-state index is 14.1. The Hall–Kier alpha value is -3.51. The van der Waals surface area contributed by atoms with Crippen LogP contribution in [0.1, 0.15) is 10.4 Å². The van der Waals surface area contributed by atoms with Crippen LogP contribution in [0, 0.1) is 11.6 Å². The lowest BCUT2D eigenvalue weighted by Gasteiger charge is -2.14. The van der Waals surface area contributed by atoms with Gasteiger partial charge in [-0.15, -0.1) is 0 Å². The van der Waals surface area contributed by atoms with Crippen LogP contribution in [-0.2, 0) is 10.0 Å². The molecule has 0 amide bonds. The van der Waals surface area contributed by atoms with Crippen LogP contribution in [-0.4, -0.2) is 35.7 Å². The zero-order valence-electron chi connectivity index (χ0n) is 15.6. The first kappa shape index (κ1) is 22.2. The van der Waals surface area contributed by atoms with Crippen molar-refractivity contribution >= 4 is 56.4 Å². The smallest absolute Gasteiger partial charge is 0.338 e. The van der Waals surface area contributed by atoms with E-state index in [1.165, 1.54) is 12.3 Å². The summed E-state index contributed by atoms with van der Waals surface area (Å²) < 4.78 is 53.1. The number of sulfonamides is 1. The predicted octanol–water partition coefficient (Wildman–Crippen LogP) is 3.97. The Labute approximate surface area is 180 Å². The van der Waals surface area contributed by atoms with Crippen LogP contribution in [0.2, 0.25) is 5.02 Å². The van der Waals surface area contributed by atoms with E-state index in [1.807, 2.05) is 0 Å². The van der Waals surface area contributed by atoms with Gasteiger partial charge in [0.1, 0.15) is 16.7 Å². The maximum Gasteiger partial charge on any atom is 0.338 e. The van der Waals surface area contributed by atoms with Gasteiger partial charge in [-0.2, -0.15) is 4.98 Å². The van der Waals surface area contributed by atoms with Gasteiger partial charge < -0.3 is 15.7 Å². The van der Waals surface area contributed by atoms with Gasteiger partial charge in [0.2, 0.25) is 16.0 Å². The highest BCUT2D eigenvalue weighted by Crippen LogP contribution is 2.30. The summed E-state index contributed by atoms with van der Waals surface area (Å²) in [6.07, 6.45) is 2.18. The van der Waals surface area contributed by atoms with Gasteiger partial charge in [0.15, 0.2) is 5.82 Å². The molecule has 0 radical (unpaired) electrons. The van der Waals surface area contributed by atoms with E-state index in [4.69, 9.17) is 16.7 Å². The summed E-state index contributed by atoms with van der Waals surface area (Å²) in [4.78, 5) is 19.0. The van der Waals surface area contributed by atoms with Gasteiger partial charge in [-0.1, -0.05) is 23.7 Å². The topological polar surface area (TPSA) is 133 Å². The Morgan fingerprint density at radius 2 is 1.74 bits per heavy atom. The van der Waals surface area contributed by atoms with Crippen LogP contribution in [0.25, 0.3) is 0 Å². The molecule has 0 aliphatic heterocycles. The fourth-order valence-electron chi connectivity index (χ4n) is 2.45. The predicted molar refractivity (Wildman–Crippen MR) is 112 cm³/mol. The summed E-state index contributed by atoms with van der Waals surface area (Å²) in [6, 6.07) is 7.53. The standard InChI is InChI=1S/C18H14ClF2N5O4S/c1-31(29,30)26-14-5-3-2-4-13(14)23-16-10(19)8-22-18(25-16)24-15-6-9(17(27)28)11(20)7-12(15)21/h2-8,26H,1H3,(H,27,28)(H2,22,23,24,25). The molecule has 0 atom stereocenters. The first-order valence-corrected chi connectivity index (χ1v) is 10.7. The molecule has 0 aliphatic rings. The fraction of sp³-hybridized carbons (Fsp3) is 0.0556. The minimum absolute atomic E-state index is 0.0443. The molecular weight excluding hydrogens is 456 g/mol. The Morgan fingerprint density at radius 3 is 2.39 bits per heavy atom. The zero-order chi connectivity index (χ0) is 22.8. The van der Waals surface area contributed by atoms with Crippen LogP contribution in [0.5, 0.6) is 0 Å². The second-order valence-electron chi connectivity index (χ2n) is 6.18. The quantitative estimate of drug-likeness (QED) is 0.408. The fourth-order valence-corrected chi connectivity index (χ4v) is 3.17. The maximum absolute atomic E-state index is 14.1. The average molecular weight is 470 g/mol. The summed E-state index contributed by atoms with van der Waals surface area (Å²) in [7, 11) is -3.56. The van der Waals surface area contributed by atoms with E-state index in [0.29, 0.717) is 11.8 Å². The third kappa shape index (κ3) is 5.55. The van der Waals surface area contributed by atoms with Crippen molar-refractivity contribution in [1.82, 2.24) is 9.97 Å². The number of hydrogen-bond acceptors (Lipinski definition) is 7. The van der Waals surface area contributed by atoms with Gasteiger partial charge in [-0.25, -0.2) is 27.0 Å². The number of carbonyl (C=O) groups is 1. The van der Waals surface area contributed by atoms with Crippen molar-refractivity contribution in [3.8, 4) is 0 Å². The molecule has 3 aromatic rings. The molecular formula is C18H14ClF2N5O4S. The first-order chi connectivity index (χ1) is 14.5. The molecule has 1 aromatic heterocycles.